The molecular formula is C23H30N4O2. The van der Waals surface area contributed by atoms with Gasteiger partial charge in [-0.25, -0.2) is 0 Å². The third-order valence-electron chi connectivity index (χ3n) is 6.37. The molecule has 1 unspecified atom stereocenters. The number of hydrogen-bond acceptors (Lipinski definition) is 3. The Bertz CT molecular complexity index is 794. The molecule has 0 aliphatic heterocycles. The highest BCUT2D eigenvalue weighted by Crippen LogP contribution is 2.29. The first kappa shape index (κ1) is 19.7. The predicted octanol–water partition coefficient (Wildman–Crippen LogP) is 3.22. The molecule has 0 saturated heterocycles. The van der Waals surface area contributed by atoms with Crippen molar-refractivity contribution in [3.05, 3.63) is 54.4 Å². The SMILES string of the molecule is O=C(NC1CCC(C(=O)NC(Cn2cccn2)c2ccccc2)CC1)C1CCC1. The third kappa shape index (κ3) is 5.05. The van der Waals surface area contributed by atoms with Crippen LogP contribution in [0.15, 0.2) is 48.8 Å². The fourth-order valence-electron chi connectivity index (χ4n) is 4.29. The van der Waals surface area contributed by atoms with E-state index >= 15 is 0 Å². The lowest BCUT2D eigenvalue weighted by Crippen LogP contribution is -2.44. The average Bonchev–Trinajstić information content (AvgIpc) is 3.20. The van der Waals surface area contributed by atoms with Crippen molar-refractivity contribution >= 4 is 11.8 Å². The van der Waals surface area contributed by atoms with E-state index in [1.54, 1.807) is 6.20 Å². The Morgan fingerprint density at radius 3 is 2.31 bits per heavy atom. The van der Waals surface area contributed by atoms with Crippen LogP contribution >= 0.6 is 0 Å². The number of carbonyl (C=O) groups is 2. The van der Waals surface area contributed by atoms with Gasteiger partial charge in [-0.3, -0.25) is 14.3 Å². The summed E-state index contributed by atoms with van der Waals surface area (Å²) in [6.45, 7) is 0.607. The minimum absolute atomic E-state index is 0.00990. The number of aromatic nitrogens is 2. The van der Waals surface area contributed by atoms with Crippen LogP contribution in [0, 0.1) is 11.8 Å². The van der Waals surface area contributed by atoms with Crippen LogP contribution in [0.4, 0.5) is 0 Å². The molecule has 2 N–H and O–H groups in total. The maximum Gasteiger partial charge on any atom is 0.223 e. The van der Waals surface area contributed by atoms with E-state index in [0.29, 0.717) is 6.54 Å². The van der Waals surface area contributed by atoms with Crippen LogP contribution in [0.25, 0.3) is 0 Å². The van der Waals surface area contributed by atoms with Crippen LogP contribution in [0.1, 0.15) is 56.6 Å². The minimum Gasteiger partial charge on any atom is -0.353 e. The number of amides is 2. The Morgan fingerprint density at radius 1 is 0.966 bits per heavy atom. The van der Waals surface area contributed by atoms with Crippen LogP contribution in [-0.2, 0) is 16.1 Å². The standard InChI is InChI=1S/C23H30N4O2/c28-22(18-8-4-9-18)25-20-12-10-19(11-13-20)23(29)26-21(16-27-15-5-14-24-27)17-6-2-1-3-7-17/h1-3,5-7,14-15,18-21H,4,8-13,16H2,(H,25,28)(H,26,29). The quantitative estimate of drug-likeness (QED) is 0.757. The highest BCUT2D eigenvalue weighted by atomic mass is 16.2. The molecule has 0 bridgehead atoms. The van der Waals surface area contributed by atoms with E-state index in [-0.39, 0.29) is 35.7 Å². The van der Waals surface area contributed by atoms with Crippen LogP contribution in [-0.4, -0.2) is 27.6 Å². The van der Waals surface area contributed by atoms with Gasteiger partial charge < -0.3 is 10.6 Å². The van der Waals surface area contributed by atoms with Gasteiger partial charge >= 0.3 is 0 Å². The summed E-state index contributed by atoms with van der Waals surface area (Å²) in [4.78, 5) is 25.1. The molecule has 4 rings (SSSR count). The molecular weight excluding hydrogens is 364 g/mol. The molecule has 2 aliphatic rings. The molecule has 2 aromatic rings. The van der Waals surface area contributed by atoms with Crippen molar-refractivity contribution in [3.8, 4) is 0 Å². The van der Waals surface area contributed by atoms with E-state index in [2.05, 4.69) is 15.7 Å². The lowest BCUT2D eigenvalue weighted by molar-refractivity contribution is -0.128. The normalized spacial score (nSPS) is 23.0. The number of nitrogens with zero attached hydrogens (tertiary/aromatic N) is 2. The zero-order valence-corrected chi connectivity index (χ0v) is 16.8. The van der Waals surface area contributed by atoms with Crippen molar-refractivity contribution in [1.29, 1.82) is 0 Å². The van der Waals surface area contributed by atoms with E-state index < -0.39 is 0 Å². The van der Waals surface area contributed by atoms with Crippen molar-refractivity contribution in [2.24, 2.45) is 11.8 Å². The second kappa shape index (κ2) is 9.25. The topological polar surface area (TPSA) is 76.0 Å². The second-order valence-electron chi connectivity index (χ2n) is 8.38. The summed E-state index contributed by atoms with van der Waals surface area (Å²) >= 11 is 0. The van der Waals surface area contributed by atoms with Gasteiger partial charge in [0.2, 0.25) is 11.8 Å². The number of nitrogens with one attached hydrogen (secondary N) is 2. The highest BCUT2D eigenvalue weighted by Gasteiger charge is 2.31. The summed E-state index contributed by atoms with van der Waals surface area (Å²) in [5.74, 6) is 0.558. The Balaban J connectivity index is 1.31. The predicted molar refractivity (Wildman–Crippen MR) is 111 cm³/mol. The molecule has 0 radical (unpaired) electrons. The lowest BCUT2D eigenvalue weighted by atomic mass is 9.82. The van der Waals surface area contributed by atoms with Crippen molar-refractivity contribution in [1.82, 2.24) is 20.4 Å². The zero-order chi connectivity index (χ0) is 20.1. The molecule has 1 atom stereocenters. The molecule has 0 spiro atoms. The number of benzene rings is 1. The van der Waals surface area contributed by atoms with Crippen molar-refractivity contribution in [2.45, 2.75) is 63.6 Å². The molecule has 6 nitrogen and oxygen atoms in total. The van der Waals surface area contributed by atoms with Crippen molar-refractivity contribution in [2.75, 3.05) is 0 Å². The van der Waals surface area contributed by atoms with E-state index in [4.69, 9.17) is 0 Å². The van der Waals surface area contributed by atoms with Crippen molar-refractivity contribution in [3.63, 3.8) is 0 Å². The van der Waals surface area contributed by atoms with Gasteiger partial charge in [-0.05, 0) is 50.2 Å². The second-order valence-corrected chi connectivity index (χ2v) is 8.38. The molecule has 2 fully saturated rings. The molecule has 6 heteroatoms. The zero-order valence-electron chi connectivity index (χ0n) is 16.8. The fourth-order valence-corrected chi connectivity index (χ4v) is 4.29. The Kier molecular flexibility index (Phi) is 6.27. The van der Waals surface area contributed by atoms with Crippen LogP contribution in [0.5, 0.6) is 0 Å². The molecule has 2 saturated carbocycles. The fraction of sp³-hybridized carbons (Fsp3) is 0.522. The average molecular weight is 395 g/mol. The first-order chi connectivity index (χ1) is 14.2. The molecule has 2 amide bonds. The van der Waals surface area contributed by atoms with E-state index in [9.17, 15) is 9.59 Å². The highest BCUT2D eigenvalue weighted by molar-refractivity contribution is 5.80. The van der Waals surface area contributed by atoms with E-state index in [1.165, 1.54) is 6.42 Å². The molecule has 154 valence electrons. The van der Waals surface area contributed by atoms with Gasteiger partial charge in [0.05, 0.1) is 12.6 Å². The Labute approximate surface area is 172 Å². The summed E-state index contributed by atoms with van der Waals surface area (Å²) in [5.41, 5.74) is 1.08. The minimum atomic E-state index is -0.111. The van der Waals surface area contributed by atoms with Crippen LogP contribution in [0.3, 0.4) is 0 Å². The first-order valence-electron chi connectivity index (χ1n) is 10.8. The van der Waals surface area contributed by atoms with Gasteiger partial charge in [-0.1, -0.05) is 36.8 Å². The number of carbonyl (C=O) groups excluding carboxylic acids is 2. The maximum absolute atomic E-state index is 13.0. The monoisotopic (exact) mass is 394 g/mol. The summed E-state index contributed by atoms with van der Waals surface area (Å²) < 4.78 is 1.85. The molecule has 1 aromatic carbocycles. The third-order valence-corrected chi connectivity index (χ3v) is 6.37. The summed E-state index contributed by atoms with van der Waals surface area (Å²) in [5, 5.41) is 10.7. The van der Waals surface area contributed by atoms with Crippen molar-refractivity contribution < 1.29 is 9.59 Å². The van der Waals surface area contributed by atoms with Gasteiger partial charge in [0.25, 0.3) is 0 Å². The van der Waals surface area contributed by atoms with Crippen LogP contribution in [0.2, 0.25) is 0 Å². The van der Waals surface area contributed by atoms with Crippen LogP contribution < -0.4 is 10.6 Å². The van der Waals surface area contributed by atoms with Gasteiger partial charge in [0.1, 0.15) is 0 Å². The summed E-state index contributed by atoms with van der Waals surface area (Å²) in [6, 6.07) is 12.1. The van der Waals surface area contributed by atoms with Gasteiger partial charge in [0, 0.05) is 30.3 Å². The van der Waals surface area contributed by atoms with E-state index in [0.717, 1.165) is 44.1 Å². The Morgan fingerprint density at radius 2 is 1.69 bits per heavy atom. The lowest BCUT2D eigenvalue weighted by Gasteiger charge is -2.32. The van der Waals surface area contributed by atoms with Gasteiger partial charge in [-0.15, -0.1) is 0 Å². The maximum atomic E-state index is 13.0. The first-order valence-corrected chi connectivity index (χ1v) is 10.8. The molecule has 2 aliphatic carbocycles. The van der Waals surface area contributed by atoms with Gasteiger partial charge in [-0.2, -0.15) is 5.10 Å². The summed E-state index contributed by atoms with van der Waals surface area (Å²) in [6.07, 6.45) is 10.3. The molecule has 29 heavy (non-hydrogen) atoms. The number of rotatable bonds is 7. The number of hydrogen-bond donors (Lipinski definition) is 2. The molecule has 1 heterocycles. The smallest absolute Gasteiger partial charge is 0.223 e. The summed E-state index contributed by atoms with van der Waals surface area (Å²) in [7, 11) is 0. The Hall–Kier alpha value is -2.63. The van der Waals surface area contributed by atoms with Gasteiger partial charge in [0.15, 0.2) is 0 Å². The molecule has 1 aromatic heterocycles. The largest absolute Gasteiger partial charge is 0.353 e. The van der Waals surface area contributed by atoms with E-state index in [1.807, 2.05) is 47.3 Å².